The number of carbonyl (C=O) groups is 1. The number of rotatable bonds is 6. The summed E-state index contributed by atoms with van der Waals surface area (Å²) in [6.07, 6.45) is 0. The molecule has 0 bridgehead atoms. The van der Waals surface area contributed by atoms with Crippen LogP contribution in [0.2, 0.25) is 0 Å². The average Bonchev–Trinajstić information content (AvgIpc) is 3.13. The first-order valence-corrected chi connectivity index (χ1v) is 9.36. The number of hydrogen-bond acceptors (Lipinski definition) is 4. The molecule has 134 valence electrons. The number of benzene rings is 2. The van der Waals surface area contributed by atoms with E-state index >= 15 is 0 Å². The molecular weight excluding hydrogens is 349 g/mol. The Morgan fingerprint density at radius 1 is 1.15 bits per heavy atom. The monoisotopic (exact) mass is 369 g/mol. The lowest BCUT2D eigenvalue weighted by Crippen LogP contribution is -2.21. The van der Waals surface area contributed by atoms with Crippen molar-refractivity contribution in [3.05, 3.63) is 65.3 Å². The predicted octanol–water partition coefficient (Wildman–Crippen LogP) is 5.05. The lowest BCUT2D eigenvalue weighted by molar-refractivity contribution is 0.102. The molecule has 2 aromatic carbocycles. The highest BCUT2D eigenvalue weighted by atomic mass is 32.1. The molecule has 0 aliphatic carbocycles. The summed E-state index contributed by atoms with van der Waals surface area (Å²) in [7, 11) is 0. The Balaban J connectivity index is 1.71. The van der Waals surface area contributed by atoms with Gasteiger partial charge in [0.05, 0.1) is 5.69 Å². The Bertz CT molecular complexity index is 888. The van der Waals surface area contributed by atoms with E-state index in [1.165, 1.54) is 18.2 Å². The molecule has 0 fully saturated rings. The lowest BCUT2D eigenvalue weighted by atomic mass is 10.1. The molecule has 0 unspecified atom stereocenters. The number of anilines is 2. The summed E-state index contributed by atoms with van der Waals surface area (Å²) in [5, 5.41) is 5.82. The topological polar surface area (TPSA) is 45.2 Å². The molecule has 1 amide bonds. The molecule has 6 heteroatoms. The van der Waals surface area contributed by atoms with Crippen LogP contribution in [0.15, 0.2) is 53.9 Å². The second-order valence-corrected chi connectivity index (χ2v) is 6.57. The van der Waals surface area contributed by atoms with Crippen molar-refractivity contribution in [2.75, 3.05) is 23.3 Å². The molecule has 1 aromatic heterocycles. The van der Waals surface area contributed by atoms with Gasteiger partial charge in [0.15, 0.2) is 5.13 Å². The molecule has 4 nitrogen and oxygen atoms in total. The van der Waals surface area contributed by atoms with Crippen LogP contribution in [-0.4, -0.2) is 24.0 Å². The number of hydrogen-bond donors (Lipinski definition) is 1. The Morgan fingerprint density at radius 3 is 2.54 bits per heavy atom. The van der Waals surface area contributed by atoms with E-state index in [0.717, 1.165) is 29.5 Å². The van der Waals surface area contributed by atoms with Gasteiger partial charge in [-0.05, 0) is 44.2 Å². The van der Waals surface area contributed by atoms with Crippen LogP contribution < -0.4 is 10.2 Å². The van der Waals surface area contributed by atoms with Gasteiger partial charge in [-0.2, -0.15) is 0 Å². The van der Waals surface area contributed by atoms with E-state index in [4.69, 9.17) is 0 Å². The number of aromatic nitrogens is 1. The number of carbonyl (C=O) groups excluding carboxylic acids is 1. The third kappa shape index (κ3) is 4.08. The summed E-state index contributed by atoms with van der Waals surface area (Å²) in [6, 6.07) is 13.1. The summed E-state index contributed by atoms with van der Waals surface area (Å²) in [5.41, 5.74) is 2.85. The number of amides is 1. The predicted molar refractivity (Wildman–Crippen MR) is 105 cm³/mol. The van der Waals surface area contributed by atoms with Gasteiger partial charge in [0.25, 0.3) is 5.91 Å². The van der Waals surface area contributed by atoms with Crippen LogP contribution >= 0.6 is 11.3 Å². The standard InChI is InChI=1S/C20H20FN3OS/c1-3-24(4-2)20-23-18(13-26-20)14-8-10-17(11-9-14)22-19(25)15-6-5-7-16(21)12-15/h5-13H,3-4H2,1-2H3,(H,22,25). The fourth-order valence-electron chi connectivity index (χ4n) is 2.59. The van der Waals surface area contributed by atoms with Crippen LogP contribution in [-0.2, 0) is 0 Å². The summed E-state index contributed by atoms with van der Waals surface area (Å²) < 4.78 is 13.2. The summed E-state index contributed by atoms with van der Waals surface area (Å²) in [6.45, 7) is 6.07. The highest BCUT2D eigenvalue weighted by Crippen LogP contribution is 2.28. The fraction of sp³-hybridized carbons (Fsp3) is 0.200. The molecule has 0 aliphatic heterocycles. The molecule has 0 aliphatic rings. The van der Waals surface area contributed by atoms with Gasteiger partial charge in [0, 0.05) is 35.3 Å². The van der Waals surface area contributed by atoms with Crippen molar-refractivity contribution in [1.82, 2.24) is 4.98 Å². The first-order chi connectivity index (χ1) is 12.6. The van der Waals surface area contributed by atoms with Crippen LogP contribution in [0.1, 0.15) is 24.2 Å². The number of halogens is 1. The third-order valence-electron chi connectivity index (χ3n) is 4.05. The van der Waals surface area contributed by atoms with Crippen LogP contribution in [0, 0.1) is 5.82 Å². The summed E-state index contributed by atoms with van der Waals surface area (Å²) >= 11 is 1.62. The van der Waals surface area contributed by atoms with E-state index in [1.54, 1.807) is 17.4 Å². The number of nitrogens with one attached hydrogen (secondary N) is 1. The van der Waals surface area contributed by atoms with Gasteiger partial charge in [-0.1, -0.05) is 18.2 Å². The van der Waals surface area contributed by atoms with E-state index in [0.29, 0.717) is 5.69 Å². The molecule has 1 heterocycles. The smallest absolute Gasteiger partial charge is 0.255 e. The number of thiazole rings is 1. The highest BCUT2D eigenvalue weighted by molar-refractivity contribution is 7.14. The summed E-state index contributed by atoms with van der Waals surface area (Å²) in [4.78, 5) is 19.1. The first-order valence-electron chi connectivity index (χ1n) is 8.48. The van der Waals surface area contributed by atoms with Crippen molar-refractivity contribution in [3.8, 4) is 11.3 Å². The van der Waals surface area contributed by atoms with Gasteiger partial charge in [-0.15, -0.1) is 11.3 Å². The minimum absolute atomic E-state index is 0.289. The second-order valence-electron chi connectivity index (χ2n) is 5.73. The first kappa shape index (κ1) is 18.1. The van der Waals surface area contributed by atoms with Gasteiger partial charge in [0.1, 0.15) is 5.82 Å². The lowest BCUT2D eigenvalue weighted by Gasteiger charge is -2.16. The number of nitrogens with zero attached hydrogens (tertiary/aromatic N) is 2. The maximum atomic E-state index is 13.2. The quantitative estimate of drug-likeness (QED) is 0.661. The van der Waals surface area contributed by atoms with E-state index in [9.17, 15) is 9.18 Å². The van der Waals surface area contributed by atoms with Gasteiger partial charge in [-0.3, -0.25) is 4.79 Å². The van der Waals surface area contributed by atoms with Crippen LogP contribution in [0.25, 0.3) is 11.3 Å². The molecule has 0 atom stereocenters. The van der Waals surface area contributed by atoms with Gasteiger partial charge in [-0.25, -0.2) is 9.37 Å². The Morgan fingerprint density at radius 2 is 1.88 bits per heavy atom. The SMILES string of the molecule is CCN(CC)c1nc(-c2ccc(NC(=O)c3cccc(F)c3)cc2)cs1. The largest absolute Gasteiger partial charge is 0.349 e. The van der Waals surface area contributed by atoms with Gasteiger partial charge in [0.2, 0.25) is 0 Å². The minimum Gasteiger partial charge on any atom is -0.349 e. The van der Waals surface area contributed by atoms with Crippen molar-refractivity contribution in [1.29, 1.82) is 0 Å². The maximum Gasteiger partial charge on any atom is 0.255 e. The van der Waals surface area contributed by atoms with Crippen LogP contribution in [0.3, 0.4) is 0 Å². The third-order valence-corrected chi connectivity index (χ3v) is 4.95. The van der Waals surface area contributed by atoms with Gasteiger partial charge < -0.3 is 10.2 Å². The molecule has 1 N–H and O–H groups in total. The minimum atomic E-state index is -0.430. The van der Waals surface area contributed by atoms with E-state index in [2.05, 4.69) is 29.0 Å². The molecule has 0 radical (unpaired) electrons. The molecular formula is C20H20FN3OS. The average molecular weight is 369 g/mol. The zero-order chi connectivity index (χ0) is 18.5. The molecule has 0 saturated heterocycles. The normalized spacial score (nSPS) is 10.6. The zero-order valence-electron chi connectivity index (χ0n) is 14.7. The molecule has 3 aromatic rings. The molecule has 0 saturated carbocycles. The van der Waals surface area contributed by atoms with E-state index in [1.807, 2.05) is 29.6 Å². The highest BCUT2D eigenvalue weighted by Gasteiger charge is 2.10. The fourth-order valence-corrected chi connectivity index (χ4v) is 3.56. The van der Waals surface area contributed by atoms with Crippen molar-refractivity contribution < 1.29 is 9.18 Å². The van der Waals surface area contributed by atoms with Crippen LogP contribution in [0.4, 0.5) is 15.2 Å². The van der Waals surface area contributed by atoms with Crippen molar-refractivity contribution in [2.24, 2.45) is 0 Å². The van der Waals surface area contributed by atoms with E-state index < -0.39 is 5.82 Å². The zero-order valence-corrected chi connectivity index (χ0v) is 15.5. The van der Waals surface area contributed by atoms with Gasteiger partial charge >= 0.3 is 0 Å². The van der Waals surface area contributed by atoms with Crippen molar-refractivity contribution in [3.63, 3.8) is 0 Å². The molecule has 3 rings (SSSR count). The summed E-state index contributed by atoms with van der Waals surface area (Å²) in [5.74, 6) is -0.768. The van der Waals surface area contributed by atoms with E-state index in [-0.39, 0.29) is 11.5 Å². The second kappa shape index (κ2) is 8.10. The molecule has 26 heavy (non-hydrogen) atoms. The maximum absolute atomic E-state index is 13.2. The van der Waals surface area contributed by atoms with Crippen molar-refractivity contribution in [2.45, 2.75) is 13.8 Å². The Hall–Kier alpha value is -2.73. The molecule has 0 spiro atoms. The van der Waals surface area contributed by atoms with Crippen LogP contribution in [0.5, 0.6) is 0 Å². The van der Waals surface area contributed by atoms with Crippen molar-refractivity contribution >= 4 is 28.1 Å². The Kier molecular flexibility index (Phi) is 5.63. The Labute approximate surface area is 156 Å².